The molecule has 4 aliphatic heterocycles. The Morgan fingerprint density at radius 3 is 2.17 bits per heavy atom. The van der Waals surface area contributed by atoms with Gasteiger partial charge in [0, 0.05) is 37.5 Å². The molecular formula is C40H73NO12. The van der Waals surface area contributed by atoms with E-state index >= 15 is 0 Å². The number of cyclic esters (lactones) is 1. The van der Waals surface area contributed by atoms with Gasteiger partial charge in [0.1, 0.15) is 23.9 Å². The summed E-state index contributed by atoms with van der Waals surface area (Å²) in [6, 6.07) is -0.0653. The average Bonchev–Trinajstić information content (AvgIpc) is 3.41. The summed E-state index contributed by atoms with van der Waals surface area (Å²) >= 11 is 0. The molecule has 0 saturated carbocycles. The van der Waals surface area contributed by atoms with Gasteiger partial charge in [0.2, 0.25) is 0 Å². The third-order valence-corrected chi connectivity index (χ3v) is 13.2. The second kappa shape index (κ2) is 17.3. The van der Waals surface area contributed by atoms with Gasteiger partial charge >= 0.3 is 5.97 Å². The maximum atomic E-state index is 14.3. The summed E-state index contributed by atoms with van der Waals surface area (Å²) in [7, 11) is 3.53. The summed E-state index contributed by atoms with van der Waals surface area (Å²) in [5.41, 5.74) is -3.78. The molecule has 19 atom stereocenters. The summed E-state index contributed by atoms with van der Waals surface area (Å²) in [6.45, 7) is 22.7. The Morgan fingerprint density at radius 1 is 0.943 bits per heavy atom. The van der Waals surface area contributed by atoms with Crippen molar-refractivity contribution < 1.29 is 58.4 Å². The zero-order chi connectivity index (χ0) is 40.0. The van der Waals surface area contributed by atoms with Crippen molar-refractivity contribution >= 4 is 5.97 Å². The van der Waals surface area contributed by atoms with Gasteiger partial charge in [-0.1, -0.05) is 34.1 Å². The van der Waals surface area contributed by atoms with Crippen LogP contribution < -0.4 is 0 Å². The van der Waals surface area contributed by atoms with Crippen LogP contribution in [0.15, 0.2) is 0 Å². The fraction of sp³-hybridized carbons (Fsp3) is 0.975. The highest BCUT2D eigenvalue weighted by Crippen LogP contribution is 2.48. The number of ether oxygens (including phenoxy) is 7. The Morgan fingerprint density at radius 2 is 1.58 bits per heavy atom. The molecule has 2 unspecified atom stereocenters. The van der Waals surface area contributed by atoms with Crippen LogP contribution in [0.5, 0.6) is 0 Å². The van der Waals surface area contributed by atoms with Gasteiger partial charge < -0.3 is 53.6 Å². The Balaban J connectivity index is 1.85. The van der Waals surface area contributed by atoms with E-state index in [1.165, 1.54) is 14.0 Å². The largest absolute Gasteiger partial charge is 0.459 e. The zero-order valence-corrected chi connectivity index (χ0v) is 34.9. The first-order valence-electron chi connectivity index (χ1n) is 20.1. The molecule has 0 aromatic heterocycles. The van der Waals surface area contributed by atoms with Gasteiger partial charge in [-0.3, -0.25) is 9.69 Å². The van der Waals surface area contributed by atoms with Crippen LogP contribution in [0.3, 0.4) is 0 Å². The van der Waals surface area contributed by atoms with Gasteiger partial charge in [-0.05, 0) is 87.6 Å². The summed E-state index contributed by atoms with van der Waals surface area (Å²) in [5, 5.41) is 46.6. The first-order chi connectivity index (χ1) is 24.5. The normalized spacial score (nSPS) is 50.4. The van der Waals surface area contributed by atoms with Crippen molar-refractivity contribution in [3.8, 4) is 0 Å². The number of hydrogen-bond donors (Lipinski definition) is 4. The number of hydrogen-bond acceptors (Lipinski definition) is 13. The predicted octanol–water partition coefficient (Wildman–Crippen LogP) is 3.79. The van der Waals surface area contributed by atoms with Gasteiger partial charge in [-0.2, -0.15) is 0 Å². The summed E-state index contributed by atoms with van der Waals surface area (Å²) in [6.07, 6.45) is -6.90. The van der Waals surface area contributed by atoms with E-state index in [-0.39, 0.29) is 30.5 Å². The molecule has 0 amide bonds. The van der Waals surface area contributed by atoms with E-state index in [0.29, 0.717) is 25.7 Å². The molecule has 53 heavy (non-hydrogen) atoms. The lowest BCUT2D eigenvalue weighted by Crippen LogP contribution is -2.61. The van der Waals surface area contributed by atoms with Crippen LogP contribution in [-0.2, 0) is 38.0 Å². The van der Waals surface area contributed by atoms with E-state index in [1.807, 2.05) is 41.7 Å². The van der Waals surface area contributed by atoms with Gasteiger partial charge in [0.15, 0.2) is 12.6 Å². The number of esters is 1. The van der Waals surface area contributed by atoms with Gasteiger partial charge in [0.05, 0.1) is 53.7 Å². The number of nitrogens with zero attached hydrogens (tertiary/aromatic N) is 1. The van der Waals surface area contributed by atoms with Gasteiger partial charge in [0.25, 0.3) is 0 Å². The second-order valence-corrected chi connectivity index (χ2v) is 17.9. The van der Waals surface area contributed by atoms with E-state index in [9.17, 15) is 25.2 Å². The second-order valence-electron chi connectivity index (χ2n) is 17.9. The molecule has 4 saturated heterocycles. The van der Waals surface area contributed by atoms with Crippen LogP contribution >= 0.6 is 0 Å². The Kier molecular flexibility index (Phi) is 14.6. The summed E-state index contributed by atoms with van der Waals surface area (Å²) < 4.78 is 45.3. The van der Waals surface area contributed by atoms with E-state index in [0.717, 1.165) is 0 Å². The highest BCUT2D eigenvalue weighted by Gasteiger charge is 2.58. The highest BCUT2D eigenvalue weighted by molar-refractivity contribution is 5.73. The molecule has 4 heterocycles. The Labute approximate surface area is 318 Å². The Bertz CT molecular complexity index is 1210. The van der Waals surface area contributed by atoms with E-state index in [2.05, 4.69) is 25.7 Å². The molecule has 13 heteroatoms. The van der Waals surface area contributed by atoms with Crippen molar-refractivity contribution in [1.29, 1.82) is 0 Å². The zero-order valence-electron chi connectivity index (χ0n) is 34.9. The molecule has 13 nitrogen and oxygen atoms in total. The lowest BCUT2D eigenvalue weighted by molar-refractivity contribution is -0.319. The monoisotopic (exact) mass is 760 g/mol. The first-order valence-corrected chi connectivity index (χ1v) is 20.1. The maximum Gasteiger partial charge on any atom is 0.311 e. The minimum Gasteiger partial charge on any atom is -0.459 e. The van der Waals surface area contributed by atoms with E-state index in [1.54, 1.807) is 20.8 Å². The highest BCUT2D eigenvalue weighted by atomic mass is 16.7. The maximum absolute atomic E-state index is 14.3. The average molecular weight is 760 g/mol. The fourth-order valence-corrected chi connectivity index (χ4v) is 9.59. The molecule has 4 aliphatic rings. The number of carbonyl (C=O) groups is 1. The molecule has 310 valence electrons. The van der Waals surface area contributed by atoms with Crippen LogP contribution in [0.2, 0.25) is 0 Å². The lowest BCUT2D eigenvalue weighted by Gasteiger charge is -2.49. The third kappa shape index (κ3) is 9.11. The minimum absolute atomic E-state index is 0.0620. The lowest BCUT2D eigenvalue weighted by atomic mass is 9.76. The molecule has 4 N–H and O–H groups in total. The van der Waals surface area contributed by atoms with Crippen LogP contribution in [0.4, 0.5) is 0 Å². The molecule has 0 spiro atoms. The van der Waals surface area contributed by atoms with Crippen molar-refractivity contribution in [3.05, 3.63) is 0 Å². The van der Waals surface area contributed by atoms with Gasteiger partial charge in [-0.25, -0.2) is 0 Å². The Hall–Kier alpha value is -0.970. The van der Waals surface area contributed by atoms with Crippen molar-refractivity contribution in [2.45, 2.75) is 212 Å². The minimum atomic E-state index is -1.79. The molecule has 0 aliphatic carbocycles. The van der Waals surface area contributed by atoms with E-state index in [4.69, 9.17) is 33.2 Å². The smallest absolute Gasteiger partial charge is 0.311 e. The number of rotatable bonds is 9. The van der Waals surface area contributed by atoms with E-state index < -0.39 is 102 Å². The van der Waals surface area contributed by atoms with Gasteiger partial charge in [-0.15, -0.1) is 0 Å². The SMILES string of the molecule is CCC[C@H]1OC(=O)[C@H](C)[C@@H](O[C@H]2C[C@@](C)(OC)[C@@H](O)[C@H](C)O2)[C@H](C)[C@@H](O[C@@H]2O[C@H](C)C[C@H](N(C)C(C)C)[C@H]2O)[C@@]2(C)CC(C)C(O2)[C@@H](C)[C@@H](O)[C@]1(C)O. The number of fused-ring (bicyclic) bond motifs is 2. The number of methoxy groups -OCH3 is 1. The number of aliphatic hydroxyl groups is 4. The van der Waals surface area contributed by atoms with Crippen LogP contribution in [0.25, 0.3) is 0 Å². The number of aliphatic hydroxyl groups excluding tert-OH is 3. The number of likely N-dealkylation sites (N-methyl/N-ethyl adjacent to an activating group) is 1. The topological polar surface area (TPSA) is 166 Å². The molecule has 2 bridgehead atoms. The van der Waals surface area contributed by atoms with Crippen molar-refractivity contribution in [1.82, 2.24) is 4.90 Å². The molecule has 4 fully saturated rings. The van der Waals surface area contributed by atoms with Crippen molar-refractivity contribution in [2.75, 3.05) is 14.2 Å². The molecule has 0 radical (unpaired) electrons. The quantitative estimate of drug-likeness (QED) is 0.251. The van der Waals surface area contributed by atoms with Crippen molar-refractivity contribution in [2.24, 2.45) is 23.7 Å². The number of carbonyl (C=O) groups excluding carboxylic acids is 1. The van der Waals surface area contributed by atoms with Crippen LogP contribution in [0.1, 0.15) is 115 Å². The van der Waals surface area contributed by atoms with Crippen molar-refractivity contribution in [3.63, 3.8) is 0 Å². The molecule has 0 aromatic carbocycles. The predicted molar refractivity (Wildman–Crippen MR) is 198 cm³/mol. The molecular weight excluding hydrogens is 686 g/mol. The van der Waals surface area contributed by atoms with Crippen LogP contribution in [0, 0.1) is 23.7 Å². The van der Waals surface area contributed by atoms with Crippen LogP contribution in [-0.4, -0.2) is 142 Å². The summed E-state index contributed by atoms with van der Waals surface area (Å²) in [4.78, 5) is 16.4. The molecule has 0 aromatic rings. The third-order valence-electron chi connectivity index (χ3n) is 13.2. The fourth-order valence-electron chi connectivity index (χ4n) is 9.59. The standard InChI is InChI=1S/C40H73NO12/c1-15-16-28-40(12,46)33(43)23(6)31-21(4)18-39(11,53-31)35(52-37-30(42)27(17-22(5)48-37)41(13)20(2)3)24(7)32(25(8)36(45)50-28)51-29-19-38(10,47-14)34(44)26(9)49-29/h20-35,37,42-44,46H,15-19H2,1-14H3/t21?,22-,23-,24+,25-,26+,27+,28-,29+,30-,31?,32+,33-,34+,35-,37+,38-,39-,40-/m1/s1. The molecule has 4 rings (SSSR count). The first kappa shape index (κ1) is 44.7. The summed E-state index contributed by atoms with van der Waals surface area (Å²) in [5.74, 6) is -2.73.